The van der Waals surface area contributed by atoms with Gasteiger partial charge in [-0.25, -0.2) is 4.79 Å². The second kappa shape index (κ2) is 8.34. The maximum atomic E-state index is 11.5. The largest absolute Gasteiger partial charge is 0.481 e. The van der Waals surface area contributed by atoms with E-state index in [0.29, 0.717) is 6.42 Å². The highest BCUT2D eigenvalue weighted by molar-refractivity contribution is 5.86. The Kier molecular flexibility index (Phi) is 7.55. The summed E-state index contributed by atoms with van der Waals surface area (Å²) < 4.78 is 0. The van der Waals surface area contributed by atoms with Crippen LogP contribution in [0.25, 0.3) is 0 Å². The number of rotatable bonds is 7. The van der Waals surface area contributed by atoms with E-state index < -0.39 is 18.0 Å². The van der Waals surface area contributed by atoms with E-state index in [1.54, 1.807) is 21.0 Å². The highest BCUT2D eigenvalue weighted by Gasteiger charge is 2.18. The van der Waals surface area contributed by atoms with E-state index >= 15 is 0 Å². The van der Waals surface area contributed by atoms with E-state index in [2.05, 4.69) is 10.6 Å². The van der Waals surface area contributed by atoms with Crippen molar-refractivity contribution in [1.82, 2.24) is 15.5 Å². The summed E-state index contributed by atoms with van der Waals surface area (Å²) in [5.41, 5.74) is 0. The zero-order chi connectivity index (χ0) is 15.0. The van der Waals surface area contributed by atoms with Gasteiger partial charge in [-0.1, -0.05) is 13.3 Å². The van der Waals surface area contributed by atoms with Gasteiger partial charge in [0.15, 0.2) is 0 Å². The Balaban J connectivity index is 4.10. The number of carboxylic acid groups (broad SMARTS) is 1. The van der Waals surface area contributed by atoms with Crippen molar-refractivity contribution in [2.45, 2.75) is 32.7 Å². The molecular weight excluding hydrogens is 250 g/mol. The molecule has 2 unspecified atom stereocenters. The third-order valence-corrected chi connectivity index (χ3v) is 2.75. The van der Waals surface area contributed by atoms with Crippen molar-refractivity contribution in [2.75, 3.05) is 20.6 Å². The van der Waals surface area contributed by atoms with Crippen LogP contribution in [0.1, 0.15) is 26.7 Å². The molecule has 0 bridgehead atoms. The standard InChI is InChI=1S/C12H23N3O4/c1-5-9(6-10(16)17)7-13-12(19)14-8(2)11(18)15(3)4/h8-9H,5-7H2,1-4H3,(H,16,17)(H2,13,14,19). The van der Waals surface area contributed by atoms with E-state index in [9.17, 15) is 14.4 Å². The van der Waals surface area contributed by atoms with Gasteiger partial charge in [-0.05, 0) is 12.8 Å². The van der Waals surface area contributed by atoms with Gasteiger partial charge in [0, 0.05) is 27.1 Å². The van der Waals surface area contributed by atoms with Crippen LogP contribution in [0.4, 0.5) is 4.79 Å². The first-order chi connectivity index (χ1) is 8.77. The Hall–Kier alpha value is -1.79. The molecular formula is C12H23N3O4. The van der Waals surface area contributed by atoms with Gasteiger partial charge < -0.3 is 20.6 Å². The molecule has 110 valence electrons. The molecule has 0 heterocycles. The van der Waals surface area contributed by atoms with Gasteiger partial charge in [0.1, 0.15) is 6.04 Å². The van der Waals surface area contributed by atoms with Crippen LogP contribution in [0.15, 0.2) is 0 Å². The number of urea groups is 1. The van der Waals surface area contributed by atoms with Crippen molar-refractivity contribution in [3.8, 4) is 0 Å². The maximum Gasteiger partial charge on any atom is 0.315 e. The molecule has 3 amide bonds. The van der Waals surface area contributed by atoms with Crippen LogP contribution in [-0.2, 0) is 9.59 Å². The summed E-state index contributed by atoms with van der Waals surface area (Å²) in [5.74, 6) is -1.19. The van der Waals surface area contributed by atoms with Crippen molar-refractivity contribution in [1.29, 1.82) is 0 Å². The molecule has 19 heavy (non-hydrogen) atoms. The van der Waals surface area contributed by atoms with Crippen molar-refractivity contribution >= 4 is 17.9 Å². The zero-order valence-corrected chi connectivity index (χ0v) is 11.9. The Labute approximate surface area is 113 Å². The van der Waals surface area contributed by atoms with Crippen LogP contribution >= 0.6 is 0 Å². The zero-order valence-electron chi connectivity index (χ0n) is 11.9. The van der Waals surface area contributed by atoms with Gasteiger partial charge in [-0.2, -0.15) is 0 Å². The molecule has 0 aromatic carbocycles. The average Bonchev–Trinajstić information content (AvgIpc) is 2.32. The quantitative estimate of drug-likeness (QED) is 0.619. The van der Waals surface area contributed by atoms with E-state index in [4.69, 9.17) is 5.11 Å². The van der Waals surface area contributed by atoms with Crippen LogP contribution in [0.5, 0.6) is 0 Å². The third-order valence-electron chi connectivity index (χ3n) is 2.75. The number of carboxylic acids is 1. The molecule has 0 radical (unpaired) electrons. The van der Waals surface area contributed by atoms with Gasteiger partial charge in [0.2, 0.25) is 5.91 Å². The summed E-state index contributed by atoms with van der Waals surface area (Å²) in [5, 5.41) is 13.8. The number of amides is 3. The molecule has 0 aliphatic heterocycles. The molecule has 0 fully saturated rings. The molecule has 0 saturated heterocycles. The lowest BCUT2D eigenvalue weighted by Crippen LogP contribution is -2.48. The first-order valence-electron chi connectivity index (χ1n) is 6.25. The van der Waals surface area contributed by atoms with Crippen molar-refractivity contribution in [2.24, 2.45) is 5.92 Å². The molecule has 0 aromatic rings. The number of carbonyl (C=O) groups excluding carboxylic acids is 2. The summed E-state index contributed by atoms with van der Waals surface area (Å²) in [6, 6.07) is -1.08. The lowest BCUT2D eigenvalue weighted by Gasteiger charge is -2.19. The van der Waals surface area contributed by atoms with Gasteiger partial charge >= 0.3 is 12.0 Å². The summed E-state index contributed by atoms with van der Waals surface area (Å²) in [4.78, 5) is 35.0. The van der Waals surface area contributed by atoms with Gasteiger partial charge in [0.05, 0.1) is 0 Å². The fraction of sp³-hybridized carbons (Fsp3) is 0.750. The van der Waals surface area contributed by atoms with Crippen molar-refractivity contribution in [3.63, 3.8) is 0 Å². The number of nitrogens with one attached hydrogen (secondary N) is 2. The number of carbonyl (C=O) groups is 3. The summed E-state index contributed by atoms with van der Waals surface area (Å²) in [6.45, 7) is 3.74. The first kappa shape index (κ1) is 17.2. The normalized spacial score (nSPS) is 13.3. The lowest BCUT2D eigenvalue weighted by molar-refractivity contribution is -0.138. The Bertz CT molecular complexity index is 331. The number of hydrogen-bond donors (Lipinski definition) is 3. The maximum absolute atomic E-state index is 11.5. The number of likely N-dealkylation sites (N-methyl/N-ethyl adjacent to an activating group) is 1. The van der Waals surface area contributed by atoms with E-state index in [0.717, 1.165) is 0 Å². The molecule has 2 atom stereocenters. The van der Waals surface area contributed by atoms with Crippen LogP contribution in [0.3, 0.4) is 0 Å². The van der Waals surface area contributed by atoms with E-state index in [-0.39, 0.29) is 24.8 Å². The fourth-order valence-corrected chi connectivity index (χ4v) is 1.54. The molecule has 0 aliphatic carbocycles. The third kappa shape index (κ3) is 7.28. The molecule has 3 N–H and O–H groups in total. The lowest BCUT2D eigenvalue weighted by atomic mass is 10.0. The minimum atomic E-state index is -0.884. The van der Waals surface area contributed by atoms with Crippen molar-refractivity contribution < 1.29 is 19.5 Å². The predicted molar refractivity (Wildman–Crippen MR) is 70.7 cm³/mol. The van der Waals surface area contributed by atoms with Crippen molar-refractivity contribution in [3.05, 3.63) is 0 Å². The van der Waals surface area contributed by atoms with Crippen LogP contribution in [-0.4, -0.2) is 54.6 Å². The monoisotopic (exact) mass is 273 g/mol. The Morgan fingerprint density at radius 3 is 2.26 bits per heavy atom. The predicted octanol–water partition coefficient (Wildman–Crippen LogP) is 0.263. The number of hydrogen-bond acceptors (Lipinski definition) is 3. The van der Waals surface area contributed by atoms with Crippen LogP contribution in [0.2, 0.25) is 0 Å². The summed E-state index contributed by atoms with van der Waals surface area (Å²) in [6.07, 6.45) is 0.682. The first-order valence-corrected chi connectivity index (χ1v) is 6.25. The summed E-state index contributed by atoms with van der Waals surface area (Å²) in [7, 11) is 3.22. The molecule has 0 rings (SSSR count). The van der Waals surface area contributed by atoms with Gasteiger partial charge in [0.25, 0.3) is 0 Å². The number of aliphatic carboxylic acids is 1. The highest BCUT2D eigenvalue weighted by Crippen LogP contribution is 2.06. The molecule has 7 heteroatoms. The molecule has 0 aliphatic rings. The number of nitrogens with zero attached hydrogens (tertiary/aromatic N) is 1. The highest BCUT2D eigenvalue weighted by atomic mass is 16.4. The topological polar surface area (TPSA) is 98.7 Å². The average molecular weight is 273 g/mol. The Morgan fingerprint density at radius 1 is 1.26 bits per heavy atom. The second-order valence-electron chi connectivity index (χ2n) is 4.68. The van der Waals surface area contributed by atoms with E-state index in [1.165, 1.54) is 4.90 Å². The fourth-order valence-electron chi connectivity index (χ4n) is 1.54. The summed E-state index contributed by atoms with van der Waals surface area (Å²) >= 11 is 0. The second-order valence-corrected chi connectivity index (χ2v) is 4.68. The molecule has 0 spiro atoms. The molecule has 0 saturated carbocycles. The minimum Gasteiger partial charge on any atom is -0.481 e. The van der Waals surface area contributed by atoms with E-state index in [1.807, 2.05) is 6.92 Å². The van der Waals surface area contributed by atoms with Gasteiger partial charge in [-0.15, -0.1) is 0 Å². The molecule has 0 aromatic heterocycles. The smallest absolute Gasteiger partial charge is 0.315 e. The molecule has 7 nitrogen and oxygen atoms in total. The van der Waals surface area contributed by atoms with Crippen LogP contribution < -0.4 is 10.6 Å². The minimum absolute atomic E-state index is 0.0168. The Morgan fingerprint density at radius 2 is 1.84 bits per heavy atom. The SMILES string of the molecule is CCC(CNC(=O)NC(C)C(=O)N(C)C)CC(=O)O. The van der Waals surface area contributed by atoms with Gasteiger partial charge in [-0.3, -0.25) is 9.59 Å². The van der Waals surface area contributed by atoms with Crippen LogP contribution in [0, 0.1) is 5.92 Å².